The molecular formula is C23H32O2. The van der Waals surface area contributed by atoms with E-state index in [1.165, 1.54) is 51.0 Å². The molecule has 0 aliphatic heterocycles. The van der Waals surface area contributed by atoms with Crippen LogP contribution in [0.3, 0.4) is 0 Å². The van der Waals surface area contributed by atoms with Crippen molar-refractivity contribution < 1.29 is 9.53 Å². The summed E-state index contributed by atoms with van der Waals surface area (Å²) in [6.07, 6.45) is 21.3. The van der Waals surface area contributed by atoms with Crippen LogP contribution in [-0.2, 0) is 11.2 Å². The van der Waals surface area contributed by atoms with Crippen molar-refractivity contribution in [2.45, 2.75) is 64.7 Å². The van der Waals surface area contributed by atoms with Gasteiger partial charge >= 0.3 is 5.97 Å². The molecule has 0 spiro atoms. The monoisotopic (exact) mass is 340 g/mol. The normalized spacial score (nSPS) is 11.2. The molecule has 136 valence electrons. The number of allylic oxidation sites excluding steroid dienone is 5. The third kappa shape index (κ3) is 12.0. The molecule has 2 nitrogen and oxygen atoms in total. The van der Waals surface area contributed by atoms with E-state index in [4.69, 9.17) is 4.74 Å². The summed E-state index contributed by atoms with van der Waals surface area (Å²) in [4.78, 5) is 11.0. The molecule has 0 aliphatic carbocycles. The quantitative estimate of drug-likeness (QED) is 0.176. The van der Waals surface area contributed by atoms with Crippen molar-refractivity contribution in [3.8, 4) is 5.75 Å². The van der Waals surface area contributed by atoms with E-state index in [9.17, 15) is 4.79 Å². The molecule has 1 aromatic carbocycles. The van der Waals surface area contributed by atoms with Gasteiger partial charge < -0.3 is 4.74 Å². The topological polar surface area (TPSA) is 26.3 Å². The largest absolute Gasteiger partial charge is 0.427 e. The standard InChI is InChI=1S/C23H32O2/c1-3-4-5-6-7-8-9-10-11-12-13-14-15-17-22-18-16-19-23(20-22)25-21(2)24/h3,5-6,8-9,16,18-20H,1,4,7,10-15,17H2,2H3. The van der Waals surface area contributed by atoms with Crippen LogP contribution >= 0.6 is 0 Å². The van der Waals surface area contributed by atoms with Crippen LogP contribution in [-0.4, -0.2) is 5.97 Å². The van der Waals surface area contributed by atoms with Crippen molar-refractivity contribution >= 4 is 5.97 Å². The van der Waals surface area contributed by atoms with Gasteiger partial charge in [0.25, 0.3) is 0 Å². The molecule has 0 N–H and O–H groups in total. The predicted octanol–water partition coefficient (Wildman–Crippen LogP) is 6.57. The second-order valence-corrected chi connectivity index (χ2v) is 6.25. The molecular weight excluding hydrogens is 308 g/mol. The predicted molar refractivity (Wildman–Crippen MR) is 107 cm³/mol. The zero-order chi connectivity index (χ0) is 18.2. The molecule has 0 bridgehead atoms. The van der Waals surface area contributed by atoms with E-state index in [0.717, 1.165) is 19.3 Å². The average Bonchev–Trinajstić information content (AvgIpc) is 2.59. The Hall–Kier alpha value is -2.09. The molecule has 0 aromatic heterocycles. The molecule has 0 atom stereocenters. The van der Waals surface area contributed by atoms with Gasteiger partial charge in [-0.25, -0.2) is 0 Å². The maximum atomic E-state index is 11.0. The van der Waals surface area contributed by atoms with Gasteiger partial charge in [-0.1, -0.05) is 61.8 Å². The molecule has 1 rings (SSSR count). The van der Waals surface area contributed by atoms with Gasteiger partial charge in [0.15, 0.2) is 0 Å². The Morgan fingerprint density at radius 3 is 2.52 bits per heavy atom. The van der Waals surface area contributed by atoms with E-state index in [1.807, 2.05) is 24.3 Å². The fourth-order valence-corrected chi connectivity index (χ4v) is 2.63. The van der Waals surface area contributed by atoms with Gasteiger partial charge in [-0.05, 0) is 56.2 Å². The van der Waals surface area contributed by atoms with Gasteiger partial charge in [0.05, 0.1) is 0 Å². The summed E-state index contributed by atoms with van der Waals surface area (Å²) in [6.45, 7) is 5.13. The van der Waals surface area contributed by atoms with Crippen molar-refractivity contribution in [1.29, 1.82) is 0 Å². The van der Waals surface area contributed by atoms with Crippen molar-refractivity contribution in [2.24, 2.45) is 0 Å². The Kier molecular flexibility index (Phi) is 12.0. The first-order chi connectivity index (χ1) is 12.2. The van der Waals surface area contributed by atoms with Gasteiger partial charge in [-0.15, -0.1) is 6.58 Å². The van der Waals surface area contributed by atoms with Gasteiger partial charge in [0, 0.05) is 6.92 Å². The molecule has 0 amide bonds. The maximum absolute atomic E-state index is 11.0. The molecule has 0 unspecified atom stereocenters. The maximum Gasteiger partial charge on any atom is 0.308 e. The van der Waals surface area contributed by atoms with E-state index in [2.05, 4.69) is 36.9 Å². The summed E-state index contributed by atoms with van der Waals surface area (Å²) in [6, 6.07) is 7.84. The van der Waals surface area contributed by atoms with E-state index < -0.39 is 0 Å². The van der Waals surface area contributed by atoms with Crippen LogP contribution in [0.2, 0.25) is 0 Å². The number of ether oxygens (including phenoxy) is 1. The minimum atomic E-state index is -0.265. The first-order valence-corrected chi connectivity index (χ1v) is 9.40. The molecule has 0 fully saturated rings. The van der Waals surface area contributed by atoms with Gasteiger partial charge in [0.2, 0.25) is 0 Å². The van der Waals surface area contributed by atoms with Gasteiger partial charge in [-0.2, -0.15) is 0 Å². The lowest BCUT2D eigenvalue weighted by atomic mass is 10.0. The number of unbranched alkanes of at least 4 members (excludes halogenated alkanes) is 5. The summed E-state index contributed by atoms with van der Waals surface area (Å²) < 4.78 is 5.12. The lowest BCUT2D eigenvalue weighted by Crippen LogP contribution is -2.01. The van der Waals surface area contributed by atoms with Crippen LogP contribution in [0.1, 0.15) is 63.9 Å². The summed E-state index contributed by atoms with van der Waals surface area (Å²) >= 11 is 0. The third-order valence-electron chi connectivity index (χ3n) is 3.90. The number of hydrogen-bond acceptors (Lipinski definition) is 2. The smallest absolute Gasteiger partial charge is 0.308 e. The summed E-state index contributed by atoms with van der Waals surface area (Å²) in [5.41, 5.74) is 1.24. The zero-order valence-corrected chi connectivity index (χ0v) is 15.6. The van der Waals surface area contributed by atoms with Crippen LogP contribution < -0.4 is 4.74 Å². The molecule has 25 heavy (non-hydrogen) atoms. The van der Waals surface area contributed by atoms with Crippen molar-refractivity contribution in [2.75, 3.05) is 0 Å². The molecule has 0 saturated heterocycles. The minimum Gasteiger partial charge on any atom is -0.427 e. The average molecular weight is 341 g/mol. The number of rotatable bonds is 13. The highest BCUT2D eigenvalue weighted by molar-refractivity contribution is 5.69. The Bertz CT molecular complexity index is 555. The fraction of sp³-hybridized carbons (Fsp3) is 0.435. The first kappa shape index (κ1) is 21.0. The Morgan fingerprint density at radius 2 is 1.72 bits per heavy atom. The number of esters is 1. The highest BCUT2D eigenvalue weighted by atomic mass is 16.5. The molecule has 0 aliphatic rings. The Morgan fingerprint density at radius 1 is 1.00 bits per heavy atom. The van der Waals surface area contributed by atoms with E-state index >= 15 is 0 Å². The van der Waals surface area contributed by atoms with Crippen LogP contribution in [0, 0.1) is 0 Å². The molecule has 1 aromatic rings. The van der Waals surface area contributed by atoms with Crippen molar-refractivity contribution in [3.05, 3.63) is 66.8 Å². The highest BCUT2D eigenvalue weighted by Crippen LogP contribution is 2.16. The molecule has 0 saturated carbocycles. The number of carbonyl (C=O) groups excluding carboxylic acids is 1. The SMILES string of the molecule is C=CCC=CCC=CCCCCCCCc1cccc(OC(C)=O)c1. The highest BCUT2D eigenvalue weighted by Gasteiger charge is 2.00. The van der Waals surface area contributed by atoms with E-state index in [-0.39, 0.29) is 5.97 Å². The van der Waals surface area contributed by atoms with Crippen LogP contribution in [0.5, 0.6) is 5.75 Å². The molecule has 0 heterocycles. The van der Waals surface area contributed by atoms with E-state index in [1.54, 1.807) is 0 Å². The Labute approximate surface area is 153 Å². The minimum absolute atomic E-state index is 0.265. The lowest BCUT2D eigenvalue weighted by Gasteiger charge is -2.05. The van der Waals surface area contributed by atoms with Crippen LogP contribution in [0.4, 0.5) is 0 Å². The lowest BCUT2D eigenvalue weighted by molar-refractivity contribution is -0.131. The number of aryl methyl sites for hydroxylation is 1. The summed E-state index contributed by atoms with van der Waals surface area (Å²) in [5.74, 6) is 0.384. The van der Waals surface area contributed by atoms with Crippen LogP contribution in [0.25, 0.3) is 0 Å². The van der Waals surface area contributed by atoms with Gasteiger partial charge in [-0.3, -0.25) is 4.79 Å². The third-order valence-corrected chi connectivity index (χ3v) is 3.90. The molecule has 2 heteroatoms. The molecule has 0 radical (unpaired) electrons. The summed E-state index contributed by atoms with van der Waals surface area (Å²) in [7, 11) is 0. The zero-order valence-electron chi connectivity index (χ0n) is 15.6. The fourth-order valence-electron chi connectivity index (χ4n) is 2.63. The second-order valence-electron chi connectivity index (χ2n) is 6.25. The van der Waals surface area contributed by atoms with Crippen molar-refractivity contribution in [1.82, 2.24) is 0 Å². The summed E-state index contributed by atoms with van der Waals surface area (Å²) in [5, 5.41) is 0. The number of benzene rings is 1. The Balaban J connectivity index is 2.02. The van der Waals surface area contributed by atoms with Crippen molar-refractivity contribution in [3.63, 3.8) is 0 Å². The second kappa shape index (κ2) is 14.3. The van der Waals surface area contributed by atoms with Crippen LogP contribution in [0.15, 0.2) is 61.2 Å². The van der Waals surface area contributed by atoms with E-state index in [0.29, 0.717) is 5.75 Å². The number of carbonyl (C=O) groups is 1. The van der Waals surface area contributed by atoms with Gasteiger partial charge in [0.1, 0.15) is 5.75 Å². The number of hydrogen-bond donors (Lipinski definition) is 0. The first-order valence-electron chi connectivity index (χ1n) is 9.40.